The van der Waals surface area contributed by atoms with Crippen LogP contribution in [0.5, 0.6) is 0 Å². The summed E-state index contributed by atoms with van der Waals surface area (Å²) in [4.78, 5) is 19.9. The van der Waals surface area contributed by atoms with E-state index in [4.69, 9.17) is 4.74 Å². The zero-order chi connectivity index (χ0) is 24.6. The molecule has 2 aliphatic heterocycles. The van der Waals surface area contributed by atoms with Crippen molar-refractivity contribution in [3.05, 3.63) is 48.5 Å². The molecule has 3 aromatic rings. The van der Waals surface area contributed by atoms with E-state index in [1.165, 1.54) is 7.05 Å². The maximum atomic E-state index is 13.4. The summed E-state index contributed by atoms with van der Waals surface area (Å²) in [7, 11) is -2.48. The number of aromatic nitrogens is 1. The van der Waals surface area contributed by atoms with Crippen LogP contribution in [0, 0.1) is 17.2 Å². The summed E-state index contributed by atoms with van der Waals surface area (Å²) in [6.45, 7) is 2.81. The lowest BCUT2D eigenvalue weighted by molar-refractivity contribution is -0.135. The Morgan fingerprint density at radius 3 is 2.66 bits per heavy atom. The van der Waals surface area contributed by atoms with E-state index in [-0.39, 0.29) is 24.7 Å². The highest BCUT2D eigenvalue weighted by Gasteiger charge is 2.31. The average molecular weight is 496 g/mol. The van der Waals surface area contributed by atoms with Crippen molar-refractivity contribution >= 4 is 32.5 Å². The van der Waals surface area contributed by atoms with Gasteiger partial charge in [-0.25, -0.2) is 8.42 Å². The van der Waals surface area contributed by atoms with Crippen molar-refractivity contribution in [2.75, 3.05) is 57.9 Å². The van der Waals surface area contributed by atoms with Crippen LogP contribution in [0.4, 0.5) is 5.69 Å². The lowest BCUT2D eigenvalue weighted by Crippen LogP contribution is -2.46. The fourth-order valence-corrected chi connectivity index (χ4v) is 5.66. The summed E-state index contributed by atoms with van der Waals surface area (Å²) < 4.78 is 33.2. The smallest absolute Gasteiger partial charge is 0.243 e. The summed E-state index contributed by atoms with van der Waals surface area (Å²) in [5.74, 6) is -0.277. The number of aromatic amines is 1. The lowest BCUT2D eigenvalue weighted by atomic mass is 9.98. The van der Waals surface area contributed by atoms with E-state index >= 15 is 0 Å². The Balaban J connectivity index is 0.00000304. The van der Waals surface area contributed by atoms with Crippen LogP contribution in [-0.2, 0) is 19.6 Å². The van der Waals surface area contributed by atoms with Crippen LogP contribution in [0.3, 0.4) is 0 Å². The van der Waals surface area contributed by atoms with Gasteiger partial charge in [0.15, 0.2) is 0 Å². The van der Waals surface area contributed by atoms with Gasteiger partial charge in [0.2, 0.25) is 15.9 Å². The van der Waals surface area contributed by atoms with E-state index < -0.39 is 10.0 Å². The molecule has 1 N–H and O–H groups in total. The van der Waals surface area contributed by atoms with Crippen molar-refractivity contribution < 1.29 is 19.4 Å². The van der Waals surface area contributed by atoms with Crippen LogP contribution in [0.25, 0.3) is 22.2 Å². The van der Waals surface area contributed by atoms with Crippen molar-refractivity contribution in [2.24, 2.45) is 5.92 Å². The minimum atomic E-state index is -3.91. The molecule has 0 aliphatic carbocycles. The van der Waals surface area contributed by atoms with Gasteiger partial charge in [0.25, 0.3) is 0 Å². The number of rotatable bonds is 6. The number of nitrogens with zero attached hydrogens (tertiary/aromatic N) is 4. The molecule has 0 radical (unpaired) electrons. The molecule has 35 heavy (non-hydrogen) atoms. The fraction of sp³-hybridized carbons (Fsp3) is 0.360. The predicted molar refractivity (Wildman–Crippen MR) is 134 cm³/mol. The number of likely N-dealkylation sites (N-methyl/N-ethyl adjacent to an activating group) is 1. The Labute approximate surface area is 206 Å². The second-order valence-corrected chi connectivity index (χ2v) is 11.0. The van der Waals surface area contributed by atoms with E-state index in [1.807, 2.05) is 30.3 Å². The molecule has 2 fully saturated rings. The molecular formula is C25H29N5O4S. The molecule has 184 valence electrons. The summed E-state index contributed by atoms with van der Waals surface area (Å²) >= 11 is 0. The molecule has 2 saturated heterocycles. The predicted octanol–water partition coefficient (Wildman–Crippen LogP) is 2.52. The molecule has 0 spiro atoms. The second kappa shape index (κ2) is 9.34. The summed E-state index contributed by atoms with van der Waals surface area (Å²) in [5, 5.41) is 10.2. The Bertz CT molecular complexity index is 1370. The molecule has 0 saturated carbocycles. The Morgan fingerprint density at radius 1 is 1.20 bits per heavy atom. The van der Waals surface area contributed by atoms with Crippen molar-refractivity contribution in [2.45, 2.75) is 4.90 Å². The maximum absolute atomic E-state index is 13.4. The Morgan fingerprint density at radius 2 is 1.94 bits per heavy atom. The Hall–Kier alpha value is -3.39. The van der Waals surface area contributed by atoms with Crippen molar-refractivity contribution in [3.8, 4) is 17.3 Å². The molecule has 5 rings (SSSR count). The van der Waals surface area contributed by atoms with Crippen molar-refractivity contribution in [1.82, 2.24) is 14.2 Å². The molecule has 9 nitrogen and oxygen atoms in total. The van der Waals surface area contributed by atoms with Crippen LogP contribution in [0.2, 0.25) is 0 Å². The molecule has 2 aromatic carbocycles. The third kappa shape index (κ3) is 4.50. The van der Waals surface area contributed by atoms with Gasteiger partial charge in [0.1, 0.15) is 0 Å². The van der Waals surface area contributed by atoms with Crippen molar-refractivity contribution in [1.29, 1.82) is 5.26 Å². The molecule has 10 heteroatoms. The number of ether oxygens (including phenoxy) is 1. The normalized spacial score (nSPS) is 16.9. The third-order valence-electron chi connectivity index (χ3n) is 6.62. The quantitative estimate of drug-likeness (QED) is 0.563. The first kappa shape index (κ1) is 23.4. The SMILES string of the molecule is CN(CC(=O)N1CCOCC1)S(=O)(=O)c1ccc(N2CC(C#N)C2)c(-c2cc3ccccc3[nH]2)c1.[HH]. The van der Waals surface area contributed by atoms with Crippen LogP contribution in [-0.4, -0.2) is 81.5 Å². The van der Waals surface area contributed by atoms with E-state index in [1.54, 1.807) is 23.1 Å². The first-order chi connectivity index (χ1) is 16.9. The molecule has 3 heterocycles. The summed E-state index contributed by atoms with van der Waals surface area (Å²) in [6.07, 6.45) is 0. The number of para-hydroxylation sites is 1. The van der Waals surface area contributed by atoms with Gasteiger partial charge in [0, 0.05) is 62.5 Å². The number of benzene rings is 2. The second-order valence-electron chi connectivity index (χ2n) is 8.93. The number of nitrogens with one attached hydrogen (secondary N) is 1. The standard InChI is InChI=1S/C25H27N5O4S.H2/c1-28(17-25(31)29-8-10-34-11-9-29)35(32,33)20-6-7-24(30-15-18(14-26)16-30)21(13-20)23-12-19-4-2-3-5-22(19)27-23;/h2-7,12-13,18,27H,8-11,15-17H2,1H3;1H. The number of anilines is 1. The molecule has 0 bridgehead atoms. The molecular weight excluding hydrogens is 466 g/mol. The fourth-order valence-electron chi connectivity index (χ4n) is 4.51. The van der Waals surface area contributed by atoms with Crippen molar-refractivity contribution in [3.63, 3.8) is 0 Å². The molecule has 0 unspecified atom stereocenters. The van der Waals surface area contributed by atoms with Gasteiger partial charge < -0.3 is 19.5 Å². The monoisotopic (exact) mass is 495 g/mol. The van der Waals surface area contributed by atoms with Gasteiger partial charge >= 0.3 is 0 Å². The molecule has 2 aliphatic rings. The number of sulfonamides is 1. The number of carbonyl (C=O) groups excluding carboxylic acids is 1. The highest BCUT2D eigenvalue weighted by Crippen LogP contribution is 2.37. The third-order valence-corrected chi connectivity index (χ3v) is 8.42. The minimum Gasteiger partial charge on any atom is -0.378 e. The zero-order valence-electron chi connectivity index (χ0n) is 19.5. The van der Waals surface area contributed by atoms with E-state index in [2.05, 4.69) is 16.0 Å². The van der Waals surface area contributed by atoms with Crippen LogP contribution in [0.15, 0.2) is 53.4 Å². The number of fused-ring (bicyclic) bond motifs is 1. The summed E-state index contributed by atoms with van der Waals surface area (Å²) in [5.41, 5.74) is 3.36. The van der Waals surface area contributed by atoms with Crippen LogP contribution >= 0.6 is 0 Å². The Kier molecular flexibility index (Phi) is 6.23. The van der Waals surface area contributed by atoms with E-state index in [0.29, 0.717) is 39.4 Å². The van der Waals surface area contributed by atoms with Gasteiger partial charge in [-0.2, -0.15) is 9.57 Å². The van der Waals surface area contributed by atoms with Gasteiger partial charge in [-0.1, -0.05) is 18.2 Å². The number of carbonyl (C=O) groups is 1. The highest BCUT2D eigenvalue weighted by atomic mass is 32.2. The molecule has 1 aromatic heterocycles. The number of morpholine rings is 1. The zero-order valence-corrected chi connectivity index (χ0v) is 20.3. The molecule has 0 atom stereocenters. The largest absolute Gasteiger partial charge is 0.378 e. The highest BCUT2D eigenvalue weighted by molar-refractivity contribution is 7.89. The summed E-state index contributed by atoms with van der Waals surface area (Å²) in [6, 6.07) is 17.2. The van der Waals surface area contributed by atoms with Gasteiger partial charge in [-0.15, -0.1) is 0 Å². The maximum Gasteiger partial charge on any atom is 0.243 e. The van der Waals surface area contributed by atoms with Gasteiger partial charge in [0.05, 0.1) is 36.6 Å². The first-order valence-corrected chi connectivity index (χ1v) is 13.0. The van der Waals surface area contributed by atoms with E-state index in [0.717, 1.165) is 32.2 Å². The first-order valence-electron chi connectivity index (χ1n) is 11.6. The number of hydrogen-bond acceptors (Lipinski definition) is 6. The van der Waals surface area contributed by atoms with Gasteiger partial charge in [-0.05, 0) is 30.3 Å². The minimum absolute atomic E-state index is 0. The molecule has 1 amide bonds. The number of H-pyrrole nitrogens is 1. The topological polar surface area (TPSA) is 110 Å². The number of amides is 1. The lowest BCUT2D eigenvalue weighted by Gasteiger charge is -2.38. The van der Waals surface area contributed by atoms with Crippen LogP contribution in [0.1, 0.15) is 1.43 Å². The van der Waals surface area contributed by atoms with E-state index in [9.17, 15) is 18.5 Å². The van der Waals surface area contributed by atoms with Crippen LogP contribution < -0.4 is 4.90 Å². The number of hydrogen-bond donors (Lipinski definition) is 1. The average Bonchev–Trinajstić information content (AvgIpc) is 3.28. The van der Waals surface area contributed by atoms with Gasteiger partial charge in [-0.3, -0.25) is 4.79 Å². The number of nitriles is 1.